The number of likely N-dealkylation sites (tertiary alicyclic amines) is 1. The summed E-state index contributed by atoms with van der Waals surface area (Å²) < 4.78 is 5.16. The van der Waals surface area contributed by atoms with Crippen LogP contribution in [0.1, 0.15) is 52.9 Å². The van der Waals surface area contributed by atoms with Gasteiger partial charge in [-0.1, -0.05) is 0 Å². The fourth-order valence-corrected chi connectivity index (χ4v) is 2.16. The molecule has 1 fully saturated rings. The molecule has 21 heavy (non-hydrogen) atoms. The first-order valence-corrected chi connectivity index (χ1v) is 7.90. The van der Waals surface area contributed by atoms with E-state index in [9.17, 15) is 4.79 Å². The molecule has 0 unspecified atom stereocenters. The number of hydrogen-bond donors (Lipinski definition) is 2. The van der Waals surface area contributed by atoms with Gasteiger partial charge in [0.25, 0.3) is 0 Å². The Labute approximate surface area is 128 Å². The van der Waals surface area contributed by atoms with Crippen LogP contribution >= 0.6 is 0 Å². The van der Waals surface area contributed by atoms with Crippen molar-refractivity contribution in [2.75, 3.05) is 26.2 Å². The highest BCUT2D eigenvalue weighted by atomic mass is 16.6. The number of nitrogens with zero attached hydrogens (tertiary/aromatic N) is 2. The van der Waals surface area contributed by atoms with Gasteiger partial charge in [-0.25, -0.2) is 4.79 Å². The number of amides is 1. The number of guanidine groups is 1. The van der Waals surface area contributed by atoms with E-state index in [1.165, 1.54) is 19.3 Å². The summed E-state index contributed by atoms with van der Waals surface area (Å²) in [6.07, 6.45) is 5.12. The van der Waals surface area contributed by atoms with Gasteiger partial charge in [0.15, 0.2) is 5.96 Å². The average Bonchev–Trinajstić information content (AvgIpc) is 2.41. The van der Waals surface area contributed by atoms with Crippen LogP contribution in [0.3, 0.4) is 0 Å². The summed E-state index contributed by atoms with van der Waals surface area (Å²) in [5, 5.41) is 2.74. The van der Waals surface area contributed by atoms with E-state index in [-0.39, 0.29) is 6.09 Å². The minimum absolute atomic E-state index is 0.362. The lowest BCUT2D eigenvalue weighted by Gasteiger charge is -2.27. The molecule has 0 aliphatic carbocycles. The molecular formula is C15H30N4O2. The highest BCUT2D eigenvalue weighted by molar-refractivity contribution is 5.78. The Bertz CT molecular complexity index is 344. The van der Waals surface area contributed by atoms with Gasteiger partial charge >= 0.3 is 6.09 Å². The van der Waals surface area contributed by atoms with Crippen molar-refractivity contribution in [3.05, 3.63) is 0 Å². The van der Waals surface area contributed by atoms with Gasteiger partial charge in [-0.15, -0.1) is 0 Å². The number of nitrogens with two attached hydrogens (primary N) is 1. The van der Waals surface area contributed by atoms with Gasteiger partial charge in [0, 0.05) is 26.2 Å². The fraction of sp³-hybridized carbons (Fsp3) is 0.867. The third kappa shape index (κ3) is 8.42. The molecule has 3 N–H and O–H groups in total. The summed E-state index contributed by atoms with van der Waals surface area (Å²) >= 11 is 0. The smallest absolute Gasteiger partial charge is 0.407 e. The van der Waals surface area contributed by atoms with E-state index in [1.54, 1.807) is 0 Å². The Balaban J connectivity index is 2.07. The van der Waals surface area contributed by atoms with Crippen LogP contribution in [0.4, 0.5) is 4.79 Å². The normalized spacial score (nSPS) is 16.7. The molecule has 1 amide bonds. The fourth-order valence-electron chi connectivity index (χ4n) is 2.16. The van der Waals surface area contributed by atoms with Crippen LogP contribution in [0.5, 0.6) is 0 Å². The second-order valence-electron chi connectivity index (χ2n) is 6.42. The zero-order valence-electron chi connectivity index (χ0n) is 13.7. The maximum atomic E-state index is 11.4. The summed E-state index contributed by atoms with van der Waals surface area (Å²) in [6, 6.07) is 0. The van der Waals surface area contributed by atoms with E-state index >= 15 is 0 Å². The molecule has 0 bridgehead atoms. The number of carbonyl (C=O) groups is 1. The Morgan fingerprint density at radius 3 is 2.52 bits per heavy atom. The highest BCUT2D eigenvalue weighted by Crippen LogP contribution is 2.08. The predicted octanol–water partition coefficient (Wildman–Crippen LogP) is 2.09. The highest BCUT2D eigenvalue weighted by Gasteiger charge is 2.15. The quantitative estimate of drug-likeness (QED) is 0.463. The molecule has 0 radical (unpaired) electrons. The standard InChI is InChI=1S/C15H30N4O2/c1-15(2,3)21-14(20)18-10-6-5-9-17-13(16)19-11-7-4-8-12-19/h4-12H2,1-3H3,(H2,16,17)(H,18,20). The molecule has 6 nitrogen and oxygen atoms in total. The van der Waals surface area contributed by atoms with E-state index in [0.29, 0.717) is 19.0 Å². The largest absolute Gasteiger partial charge is 0.444 e. The molecule has 1 aliphatic heterocycles. The van der Waals surface area contributed by atoms with Crippen LogP contribution in [0.2, 0.25) is 0 Å². The van der Waals surface area contributed by atoms with Crippen molar-refractivity contribution in [3.8, 4) is 0 Å². The number of carbonyl (C=O) groups excluding carboxylic acids is 1. The molecule has 0 saturated carbocycles. The Morgan fingerprint density at radius 2 is 1.90 bits per heavy atom. The van der Waals surface area contributed by atoms with Crippen molar-refractivity contribution >= 4 is 12.1 Å². The van der Waals surface area contributed by atoms with E-state index in [4.69, 9.17) is 10.5 Å². The van der Waals surface area contributed by atoms with Crippen molar-refractivity contribution in [2.24, 2.45) is 10.7 Å². The van der Waals surface area contributed by atoms with Gasteiger partial charge in [0.05, 0.1) is 0 Å². The van der Waals surface area contributed by atoms with Crippen molar-refractivity contribution in [1.29, 1.82) is 0 Å². The minimum Gasteiger partial charge on any atom is -0.444 e. The monoisotopic (exact) mass is 298 g/mol. The summed E-state index contributed by atoms with van der Waals surface area (Å²) in [6.45, 7) is 8.91. The topological polar surface area (TPSA) is 79.9 Å². The van der Waals surface area contributed by atoms with E-state index in [1.807, 2.05) is 20.8 Å². The van der Waals surface area contributed by atoms with Crippen LogP contribution in [-0.4, -0.2) is 48.7 Å². The molecule has 0 atom stereocenters. The number of hydrogen-bond acceptors (Lipinski definition) is 3. The zero-order valence-corrected chi connectivity index (χ0v) is 13.7. The molecule has 0 aromatic rings. The summed E-state index contributed by atoms with van der Waals surface area (Å²) in [7, 11) is 0. The zero-order chi connectivity index (χ0) is 15.7. The number of ether oxygens (including phenoxy) is 1. The number of unbranched alkanes of at least 4 members (excludes halogenated alkanes) is 1. The number of alkyl carbamates (subject to hydrolysis) is 1. The van der Waals surface area contributed by atoms with E-state index in [2.05, 4.69) is 15.2 Å². The summed E-state index contributed by atoms with van der Waals surface area (Å²) in [4.78, 5) is 18.0. The van der Waals surface area contributed by atoms with Gasteiger partial charge in [-0.2, -0.15) is 0 Å². The molecule has 0 aromatic carbocycles. The van der Waals surface area contributed by atoms with Crippen LogP contribution in [0.15, 0.2) is 4.99 Å². The summed E-state index contributed by atoms with van der Waals surface area (Å²) in [5.74, 6) is 0.662. The molecule has 122 valence electrons. The predicted molar refractivity (Wildman–Crippen MR) is 85.4 cm³/mol. The van der Waals surface area contributed by atoms with E-state index in [0.717, 1.165) is 25.9 Å². The lowest BCUT2D eigenvalue weighted by atomic mass is 10.1. The van der Waals surface area contributed by atoms with Crippen molar-refractivity contribution in [1.82, 2.24) is 10.2 Å². The molecule has 1 rings (SSSR count). The Hall–Kier alpha value is -1.46. The molecule has 1 heterocycles. The Kier molecular flexibility index (Phi) is 7.32. The van der Waals surface area contributed by atoms with Crippen LogP contribution < -0.4 is 11.1 Å². The first-order chi connectivity index (χ1) is 9.88. The van der Waals surface area contributed by atoms with Crippen LogP contribution in [0.25, 0.3) is 0 Å². The van der Waals surface area contributed by atoms with E-state index < -0.39 is 5.60 Å². The first-order valence-electron chi connectivity index (χ1n) is 7.90. The molecule has 0 spiro atoms. The maximum absolute atomic E-state index is 11.4. The SMILES string of the molecule is CC(C)(C)OC(=O)NCCCCN=C(N)N1CCCCC1. The third-order valence-corrected chi connectivity index (χ3v) is 3.21. The second-order valence-corrected chi connectivity index (χ2v) is 6.42. The maximum Gasteiger partial charge on any atom is 0.407 e. The van der Waals surface area contributed by atoms with Gasteiger partial charge < -0.3 is 20.7 Å². The number of nitrogens with one attached hydrogen (secondary N) is 1. The Morgan fingerprint density at radius 1 is 1.24 bits per heavy atom. The van der Waals surface area contributed by atoms with Crippen molar-refractivity contribution < 1.29 is 9.53 Å². The number of rotatable bonds is 5. The van der Waals surface area contributed by atoms with Crippen LogP contribution in [0, 0.1) is 0 Å². The molecule has 1 aliphatic rings. The molecular weight excluding hydrogens is 268 g/mol. The van der Waals surface area contributed by atoms with Crippen molar-refractivity contribution in [3.63, 3.8) is 0 Å². The van der Waals surface area contributed by atoms with Gasteiger partial charge in [-0.05, 0) is 52.9 Å². The van der Waals surface area contributed by atoms with Crippen LogP contribution in [-0.2, 0) is 4.74 Å². The van der Waals surface area contributed by atoms with Crippen molar-refractivity contribution in [2.45, 2.75) is 58.5 Å². The summed E-state index contributed by atoms with van der Waals surface area (Å²) in [5.41, 5.74) is 5.52. The lowest BCUT2D eigenvalue weighted by molar-refractivity contribution is 0.0527. The van der Waals surface area contributed by atoms with Gasteiger partial charge in [0.2, 0.25) is 0 Å². The third-order valence-electron chi connectivity index (χ3n) is 3.21. The molecule has 0 aromatic heterocycles. The van der Waals surface area contributed by atoms with Gasteiger partial charge in [0.1, 0.15) is 5.60 Å². The molecule has 6 heteroatoms. The second kappa shape index (κ2) is 8.74. The number of piperidine rings is 1. The minimum atomic E-state index is -0.447. The average molecular weight is 298 g/mol. The molecule has 1 saturated heterocycles. The lowest BCUT2D eigenvalue weighted by Crippen LogP contribution is -2.40. The van der Waals surface area contributed by atoms with Gasteiger partial charge in [-0.3, -0.25) is 4.99 Å². The number of aliphatic imine (C=N–C) groups is 1. The first kappa shape index (κ1) is 17.6.